The number of hydrogen-bond donors (Lipinski definition) is 2. The molecule has 1 aromatic heterocycles. The zero-order chi connectivity index (χ0) is 14.7. The molecule has 3 N–H and O–H groups in total. The minimum Gasteiger partial charge on any atom is -0.485 e. The lowest BCUT2D eigenvalue weighted by Crippen LogP contribution is -2.30. The number of carbonyl (C=O) groups excluding carboxylic acids is 1. The summed E-state index contributed by atoms with van der Waals surface area (Å²) in [6.45, 7) is 6.04. The van der Waals surface area contributed by atoms with Crippen LogP contribution < -0.4 is 16.0 Å². The Balaban J connectivity index is 2.11. The van der Waals surface area contributed by atoms with Gasteiger partial charge < -0.3 is 9.15 Å². The van der Waals surface area contributed by atoms with Crippen molar-refractivity contribution in [2.75, 3.05) is 0 Å². The molecule has 0 aliphatic rings. The third-order valence-corrected chi connectivity index (χ3v) is 3.02. The lowest BCUT2D eigenvalue weighted by molar-refractivity contribution is 0.0921. The van der Waals surface area contributed by atoms with E-state index in [2.05, 4.69) is 5.43 Å². The van der Waals surface area contributed by atoms with Crippen molar-refractivity contribution in [1.82, 2.24) is 5.43 Å². The van der Waals surface area contributed by atoms with E-state index in [1.54, 1.807) is 13.0 Å². The zero-order valence-corrected chi connectivity index (χ0v) is 11.8. The maximum absolute atomic E-state index is 11.4. The first-order valence-electron chi connectivity index (χ1n) is 6.31. The third-order valence-electron chi connectivity index (χ3n) is 3.02. The number of carbonyl (C=O) groups is 1. The topological polar surface area (TPSA) is 77.5 Å². The number of amides is 1. The highest BCUT2D eigenvalue weighted by Crippen LogP contribution is 2.22. The number of nitrogens with two attached hydrogens (primary N) is 1. The molecule has 0 unspecified atom stereocenters. The van der Waals surface area contributed by atoms with E-state index in [-0.39, 0.29) is 12.4 Å². The fourth-order valence-corrected chi connectivity index (χ4v) is 1.92. The molecule has 0 radical (unpaired) electrons. The molecule has 0 aliphatic carbocycles. The molecule has 1 heterocycles. The van der Waals surface area contributed by atoms with Crippen LogP contribution in [0.5, 0.6) is 5.75 Å². The molecule has 0 aliphatic heterocycles. The molecule has 2 aromatic rings. The van der Waals surface area contributed by atoms with Crippen LogP contribution in [-0.4, -0.2) is 5.91 Å². The second kappa shape index (κ2) is 5.79. The van der Waals surface area contributed by atoms with Gasteiger partial charge in [0.1, 0.15) is 18.1 Å². The molecule has 0 fully saturated rings. The second-order valence-electron chi connectivity index (χ2n) is 4.76. The van der Waals surface area contributed by atoms with Gasteiger partial charge >= 0.3 is 5.91 Å². The standard InChI is InChI=1S/C15H18N2O3/c1-9-4-5-10(2)13(6-9)19-8-12-7-11(3)14(20-12)15(18)17-16/h4-7H,8,16H2,1-3H3,(H,17,18). The molecule has 20 heavy (non-hydrogen) atoms. The van der Waals surface area contributed by atoms with Gasteiger partial charge in [0, 0.05) is 5.56 Å². The summed E-state index contributed by atoms with van der Waals surface area (Å²) in [4.78, 5) is 11.4. The summed E-state index contributed by atoms with van der Waals surface area (Å²) in [6.07, 6.45) is 0. The number of rotatable bonds is 4. The van der Waals surface area contributed by atoms with Gasteiger partial charge in [-0.05, 0) is 44.0 Å². The highest BCUT2D eigenvalue weighted by atomic mass is 16.5. The lowest BCUT2D eigenvalue weighted by atomic mass is 10.1. The van der Waals surface area contributed by atoms with E-state index < -0.39 is 5.91 Å². The number of aryl methyl sites for hydroxylation is 3. The van der Waals surface area contributed by atoms with E-state index in [0.717, 1.165) is 22.4 Å². The van der Waals surface area contributed by atoms with Gasteiger partial charge in [0.25, 0.3) is 0 Å². The molecule has 0 saturated carbocycles. The molecule has 2 rings (SSSR count). The lowest BCUT2D eigenvalue weighted by Gasteiger charge is -2.08. The summed E-state index contributed by atoms with van der Waals surface area (Å²) in [7, 11) is 0. The quantitative estimate of drug-likeness (QED) is 0.510. The Morgan fingerprint density at radius 3 is 2.70 bits per heavy atom. The van der Waals surface area contributed by atoms with Crippen molar-refractivity contribution >= 4 is 5.91 Å². The van der Waals surface area contributed by atoms with E-state index in [1.165, 1.54) is 0 Å². The number of nitrogens with one attached hydrogen (secondary N) is 1. The van der Waals surface area contributed by atoms with Gasteiger partial charge in [0.2, 0.25) is 0 Å². The molecule has 5 nitrogen and oxygen atoms in total. The highest BCUT2D eigenvalue weighted by molar-refractivity contribution is 5.92. The average Bonchev–Trinajstić information content (AvgIpc) is 2.80. The molecule has 5 heteroatoms. The van der Waals surface area contributed by atoms with Gasteiger partial charge in [0.05, 0.1) is 0 Å². The summed E-state index contributed by atoms with van der Waals surface area (Å²) >= 11 is 0. The predicted octanol–water partition coefficient (Wildman–Crippen LogP) is 2.39. The van der Waals surface area contributed by atoms with Crippen molar-refractivity contribution in [1.29, 1.82) is 0 Å². The Kier molecular flexibility index (Phi) is 4.10. The molecular formula is C15H18N2O3. The van der Waals surface area contributed by atoms with Crippen molar-refractivity contribution < 1.29 is 13.9 Å². The third kappa shape index (κ3) is 3.00. The summed E-state index contributed by atoms with van der Waals surface area (Å²) in [5, 5.41) is 0. The molecule has 106 valence electrons. The largest absolute Gasteiger partial charge is 0.485 e. The average molecular weight is 274 g/mol. The summed E-state index contributed by atoms with van der Waals surface area (Å²) in [5.41, 5.74) is 4.97. The monoisotopic (exact) mass is 274 g/mol. The minimum absolute atomic E-state index is 0.215. The van der Waals surface area contributed by atoms with Crippen LogP contribution in [0.3, 0.4) is 0 Å². The van der Waals surface area contributed by atoms with E-state index >= 15 is 0 Å². The number of ether oxygens (including phenoxy) is 1. The van der Waals surface area contributed by atoms with Gasteiger partial charge in [0.15, 0.2) is 5.76 Å². The van der Waals surface area contributed by atoms with Crippen LogP contribution in [0.2, 0.25) is 0 Å². The first kappa shape index (κ1) is 14.1. The maximum atomic E-state index is 11.4. The summed E-state index contributed by atoms with van der Waals surface area (Å²) in [5.74, 6) is 6.26. The van der Waals surface area contributed by atoms with Gasteiger partial charge in [-0.25, -0.2) is 5.84 Å². The normalized spacial score (nSPS) is 10.4. The molecule has 0 bridgehead atoms. The summed E-state index contributed by atoms with van der Waals surface area (Å²) < 4.78 is 11.2. The minimum atomic E-state index is -0.444. The van der Waals surface area contributed by atoms with Gasteiger partial charge in [-0.15, -0.1) is 0 Å². The number of hydrogen-bond acceptors (Lipinski definition) is 4. The van der Waals surface area contributed by atoms with Crippen LogP contribution in [0.1, 0.15) is 33.0 Å². The fourth-order valence-electron chi connectivity index (χ4n) is 1.92. The van der Waals surface area contributed by atoms with E-state index in [1.807, 2.05) is 32.0 Å². The van der Waals surface area contributed by atoms with E-state index in [9.17, 15) is 4.79 Å². The van der Waals surface area contributed by atoms with Gasteiger partial charge in [-0.3, -0.25) is 10.2 Å². The van der Waals surface area contributed by atoms with Crippen molar-refractivity contribution in [3.63, 3.8) is 0 Å². The van der Waals surface area contributed by atoms with Crippen LogP contribution in [0.15, 0.2) is 28.7 Å². The van der Waals surface area contributed by atoms with Crippen molar-refractivity contribution in [3.05, 3.63) is 52.5 Å². The Labute approximate surface area is 117 Å². The van der Waals surface area contributed by atoms with Crippen molar-refractivity contribution in [3.8, 4) is 5.75 Å². The Hall–Kier alpha value is -2.27. The number of benzene rings is 1. The van der Waals surface area contributed by atoms with Crippen LogP contribution in [0, 0.1) is 20.8 Å². The van der Waals surface area contributed by atoms with Gasteiger partial charge in [-0.2, -0.15) is 0 Å². The maximum Gasteiger partial charge on any atom is 0.301 e. The Bertz CT molecular complexity index is 632. The van der Waals surface area contributed by atoms with Crippen LogP contribution >= 0.6 is 0 Å². The number of nitrogen functional groups attached to an aromatic ring is 1. The first-order chi connectivity index (χ1) is 9.51. The zero-order valence-electron chi connectivity index (χ0n) is 11.8. The highest BCUT2D eigenvalue weighted by Gasteiger charge is 2.15. The number of furan rings is 1. The Morgan fingerprint density at radius 2 is 2.00 bits per heavy atom. The first-order valence-corrected chi connectivity index (χ1v) is 6.31. The molecule has 0 atom stereocenters. The van der Waals surface area contributed by atoms with Crippen molar-refractivity contribution in [2.45, 2.75) is 27.4 Å². The molecular weight excluding hydrogens is 256 g/mol. The smallest absolute Gasteiger partial charge is 0.301 e. The van der Waals surface area contributed by atoms with E-state index in [4.69, 9.17) is 15.0 Å². The molecule has 0 spiro atoms. The molecule has 1 aromatic carbocycles. The SMILES string of the molecule is Cc1ccc(C)c(OCc2cc(C)c(C(=O)NN)o2)c1. The van der Waals surface area contributed by atoms with Crippen LogP contribution in [0.25, 0.3) is 0 Å². The van der Waals surface area contributed by atoms with Crippen LogP contribution in [0.4, 0.5) is 0 Å². The van der Waals surface area contributed by atoms with Gasteiger partial charge in [-0.1, -0.05) is 12.1 Å². The van der Waals surface area contributed by atoms with Crippen LogP contribution in [-0.2, 0) is 6.61 Å². The van der Waals surface area contributed by atoms with E-state index in [0.29, 0.717) is 5.76 Å². The Morgan fingerprint density at radius 1 is 1.25 bits per heavy atom. The molecule has 1 amide bonds. The molecule has 0 saturated heterocycles. The fraction of sp³-hybridized carbons (Fsp3) is 0.267. The second-order valence-corrected chi connectivity index (χ2v) is 4.76. The van der Waals surface area contributed by atoms with Crippen molar-refractivity contribution in [2.24, 2.45) is 5.84 Å². The number of hydrazine groups is 1. The predicted molar refractivity (Wildman–Crippen MR) is 75.3 cm³/mol. The summed E-state index contributed by atoms with van der Waals surface area (Å²) in [6, 6.07) is 7.78.